The summed E-state index contributed by atoms with van der Waals surface area (Å²) in [7, 11) is 3.10. The minimum absolute atomic E-state index is 0.228. The lowest BCUT2D eigenvalue weighted by molar-refractivity contribution is -0.132. The lowest BCUT2D eigenvalue weighted by atomic mass is 10.1. The van der Waals surface area contributed by atoms with Gasteiger partial charge in [0.2, 0.25) is 0 Å². The zero-order valence-corrected chi connectivity index (χ0v) is 14.2. The third-order valence-corrected chi connectivity index (χ3v) is 3.14. The Kier molecular flexibility index (Phi) is 8.39. The predicted molar refractivity (Wildman–Crippen MR) is 87.4 cm³/mol. The summed E-state index contributed by atoms with van der Waals surface area (Å²) in [6.45, 7) is 3.01. The van der Waals surface area contributed by atoms with Crippen molar-refractivity contribution in [1.29, 1.82) is 0 Å². The Balaban J connectivity index is 2.58. The Morgan fingerprint density at radius 1 is 1.21 bits per heavy atom. The summed E-state index contributed by atoms with van der Waals surface area (Å²) in [5.74, 6) is 1.02. The van der Waals surface area contributed by atoms with Crippen LogP contribution in [-0.2, 0) is 11.3 Å². The highest BCUT2D eigenvalue weighted by atomic mass is 19.4. The van der Waals surface area contributed by atoms with Gasteiger partial charge in [0.15, 0.2) is 5.96 Å². The van der Waals surface area contributed by atoms with Crippen LogP contribution in [0.5, 0.6) is 5.75 Å². The first-order valence-corrected chi connectivity index (χ1v) is 7.58. The van der Waals surface area contributed by atoms with E-state index in [0.717, 1.165) is 11.1 Å². The van der Waals surface area contributed by atoms with E-state index in [9.17, 15) is 13.2 Å². The quantitative estimate of drug-likeness (QED) is 0.431. The molecule has 2 N–H and O–H groups in total. The average molecular weight is 347 g/mol. The van der Waals surface area contributed by atoms with Crippen molar-refractivity contribution in [1.82, 2.24) is 10.6 Å². The fourth-order valence-corrected chi connectivity index (χ4v) is 1.90. The zero-order valence-electron chi connectivity index (χ0n) is 14.2. The maximum absolute atomic E-state index is 12.2. The van der Waals surface area contributed by atoms with E-state index in [1.54, 1.807) is 7.11 Å². The Bertz CT molecular complexity index is 534. The number of benzene rings is 1. The lowest BCUT2D eigenvalue weighted by Crippen LogP contribution is -2.38. The molecule has 0 saturated heterocycles. The van der Waals surface area contributed by atoms with E-state index >= 15 is 0 Å². The van der Waals surface area contributed by atoms with E-state index in [1.807, 2.05) is 25.1 Å². The summed E-state index contributed by atoms with van der Waals surface area (Å²) in [4.78, 5) is 3.91. The number of aliphatic imine (C=N–C) groups is 1. The van der Waals surface area contributed by atoms with E-state index in [-0.39, 0.29) is 6.54 Å². The van der Waals surface area contributed by atoms with E-state index in [4.69, 9.17) is 9.47 Å². The van der Waals surface area contributed by atoms with Gasteiger partial charge in [0.05, 0.1) is 13.0 Å². The molecule has 0 unspecified atom stereocenters. The third-order valence-electron chi connectivity index (χ3n) is 3.14. The number of rotatable bonds is 8. The van der Waals surface area contributed by atoms with E-state index in [0.29, 0.717) is 31.5 Å². The van der Waals surface area contributed by atoms with Gasteiger partial charge in [-0.05, 0) is 18.6 Å². The second-order valence-corrected chi connectivity index (χ2v) is 5.17. The predicted octanol–water partition coefficient (Wildman–Crippen LogP) is 2.64. The molecule has 5 nitrogen and oxygen atoms in total. The molecule has 24 heavy (non-hydrogen) atoms. The summed E-state index contributed by atoms with van der Waals surface area (Å²) < 4.78 is 47.2. The second-order valence-electron chi connectivity index (χ2n) is 5.17. The first kappa shape index (κ1) is 20.1. The van der Waals surface area contributed by atoms with Gasteiger partial charge < -0.3 is 20.1 Å². The highest BCUT2D eigenvalue weighted by Crippen LogP contribution is 2.20. The van der Waals surface area contributed by atoms with Crippen LogP contribution in [0.3, 0.4) is 0 Å². The number of halogens is 3. The number of alkyl halides is 3. The smallest absolute Gasteiger partial charge is 0.390 e. The molecule has 0 aliphatic carbocycles. The van der Waals surface area contributed by atoms with Gasteiger partial charge in [-0.2, -0.15) is 13.2 Å². The average Bonchev–Trinajstić information content (AvgIpc) is 2.51. The van der Waals surface area contributed by atoms with Gasteiger partial charge in [0, 0.05) is 32.8 Å². The number of guanidine groups is 1. The van der Waals surface area contributed by atoms with Gasteiger partial charge in [0.25, 0.3) is 0 Å². The summed E-state index contributed by atoms with van der Waals surface area (Å²) in [6.07, 6.45) is -5.10. The number of nitrogens with zero attached hydrogens (tertiary/aromatic N) is 1. The van der Waals surface area contributed by atoms with Gasteiger partial charge in [-0.3, -0.25) is 4.99 Å². The monoisotopic (exact) mass is 347 g/mol. The molecule has 0 spiro atoms. The van der Waals surface area contributed by atoms with Crippen LogP contribution in [0.25, 0.3) is 0 Å². The summed E-state index contributed by atoms with van der Waals surface area (Å²) in [6, 6.07) is 5.76. The Hall–Kier alpha value is -1.96. The molecular formula is C16H24F3N3O2. The molecule has 1 aromatic rings. The molecule has 0 heterocycles. The van der Waals surface area contributed by atoms with E-state index in [2.05, 4.69) is 15.6 Å². The number of ether oxygens (including phenoxy) is 2. The van der Waals surface area contributed by atoms with Gasteiger partial charge >= 0.3 is 6.18 Å². The van der Waals surface area contributed by atoms with Crippen molar-refractivity contribution in [2.75, 3.05) is 33.9 Å². The van der Waals surface area contributed by atoms with Crippen LogP contribution in [0, 0.1) is 6.92 Å². The zero-order chi connectivity index (χ0) is 18.0. The molecule has 0 aromatic heterocycles. The highest BCUT2D eigenvalue weighted by molar-refractivity contribution is 5.79. The van der Waals surface area contributed by atoms with Crippen molar-refractivity contribution in [3.8, 4) is 5.75 Å². The molecule has 1 rings (SSSR count). The second kappa shape index (κ2) is 10.0. The van der Waals surface area contributed by atoms with Crippen LogP contribution in [0.4, 0.5) is 13.2 Å². The summed E-state index contributed by atoms with van der Waals surface area (Å²) in [5, 5.41) is 5.62. The number of aryl methyl sites for hydroxylation is 1. The lowest BCUT2D eigenvalue weighted by Gasteiger charge is -2.16. The molecule has 0 amide bonds. The van der Waals surface area contributed by atoms with Gasteiger partial charge in [-0.15, -0.1) is 0 Å². The number of hydrogen-bond donors (Lipinski definition) is 2. The molecule has 0 atom stereocenters. The molecule has 0 radical (unpaired) electrons. The number of methoxy groups -OCH3 is 1. The molecule has 0 bridgehead atoms. The Morgan fingerprint density at radius 3 is 2.58 bits per heavy atom. The molecular weight excluding hydrogens is 323 g/mol. The molecule has 136 valence electrons. The summed E-state index contributed by atoms with van der Waals surface area (Å²) in [5.41, 5.74) is 1.94. The van der Waals surface area contributed by atoms with Crippen molar-refractivity contribution < 1.29 is 22.6 Å². The summed E-state index contributed by atoms with van der Waals surface area (Å²) >= 11 is 0. The van der Waals surface area contributed by atoms with Crippen LogP contribution in [0.1, 0.15) is 17.5 Å². The van der Waals surface area contributed by atoms with Crippen LogP contribution >= 0.6 is 0 Å². The highest BCUT2D eigenvalue weighted by Gasteiger charge is 2.26. The van der Waals surface area contributed by atoms with Crippen molar-refractivity contribution in [3.63, 3.8) is 0 Å². The van der Waals surface area contributed by atoms with Crippen molar-refractivity contribution in [2.45, 2.75) is 26.1 Å². The maximum atomic E-state index is 12.2. The minimum Gasteiger partial charge on any atom is -0.491 e. The minimum atomic E-state index is -4.19. The van der Waals surface area contributed by atoms with E-state index < -0.39 is 12.6 Å². The van der Waals surface area contributed by atoms with Gasteiger partial charge in [-0.1, -0.05) is 12.1 Å². The molecule has 0 fully saturated rings. The number of nitrogens with one attached hydrogen (secondary N) is 2. The van der Waals surface area contributed by atoms with Crippen molar-refractivity contribution >= 4 is 5.96 Å². The molecule has 0 aliphatic rings. The SMILES string of the molecule is CN=C(NCCC(F)(F)F)NCc1ccc(C)cc1OCCOC. The third kappa shape index (κ3) is 8.05. The van der Waals surface area contributed by atoms with E-state index in [1.165, 1.54) is 7.05 Å². The van der Waals surface area contributed by atoms with Gasteiger partial charge in [-0.25, -0.2) is 0 Å². The van der Waals surface area contributed by atoms with Crippen LogP contribution in [0.15, 0.2) is 23.2 Å². The van der Waals surface area contributed by atoms with Crippen LogP contribution in [-0.4, -0.2) is 46.1 Å². The fourth-order valence-electron chi connectivity index (χ4n) is 1.90. The normalized spacial score (nSPS) is 12.2. The van der Waals surface area contributed by atoms with Crippen LogP contribution < -0.4 is 15.4 Å². The first-order chi connectivity index (χ1) is 11.4. The van der Waals surface area contributed by atoms with Crippen LogP contribution in [0.2, 0.25) is 0 Å². The molecule has 0 aliphatic heterocycles. The van der Waals surface area contributed by atoms with Crippen molar-refractivity contribution in [2.24, 2.45) is 4.99 Å². The molecule has 8 heteroatoms. The molecule has 0 saturated carbocycles. The van der Waals surface area contributed by atoms with Crippen molar-refractivity contribution in [3.05, 3.63) is 29.3 Å². The Labute approximate surface area is 140 Å². The Morgan fingerprint density at radius 2 is 1.96 bits per heavy atom. The largest absolute Gasteiger partial charge is 0.491 e. The maximum Gasteiger partial charge on any atom is 0.390 e. The number of hydrogen-bond acceptors (Lipinski definition) is 3. The standard InChI is InChI=1S/C16H24F3N3O2/c1-12-4-5-13(14(10-12)24-9-8-23-3)11-22-15(20-2)21-7-6-16(17,18)19/h4-5,10H,6-9,11H2,1-3H3,(H2,20,21,22). The topological polar surface area (TPSA) is 54.9 Å². The van der Waals surface area contributed by atoms with Gasteiger partial charge in [0.1, 0.15) is 12.4 Å². The first-order valence-electron chi connectivity index (χ1n) is 7.58. The fraction of sp³-hybridized carbons (Fsp3) is 0.562. The molecule has 1 aromatic carbocycles.